The fourth-order valence-electron chi connectivity index (χ4n) is 2.42. The lowest BCUT2D eigenvalue weighted by atomic mass is 10.2. The molecule has 2 N–H and O–H groups in total. The van der Waals surface area contributed by atoms with Gasteiger partial charge in [0.25, 0.3) is 4.92 Å². The summed E-state index contributed by atoms with van der Waals surface area (Å²) in [7, 11) is 1.97. The van der Waals surface area contributed by atoms with Crippen molar-refractivity contribution in [3.05, 3.63) is 59.4 Å². The lowest BCUT2D eigenvalue weighted by Gasteiger charge is -2.01. The van der Waals surface area contributed by atoms with Crippen LogP contribution in [-0.4, -0.2) is 26.3 Å². The van der Waals surface area contributed by atoms with Gasteiger partial charge in [-0.15, -0.1) is 5.10 Å². The second-order valence-corrected chi connectivity index (χ2v) is 5.06. The molecule has 0 amide bonds. The summed E-state index contributed by atoms with van der Waals surface area (Å²) < 4.78 is 3.54. The predicted octanol–water partition coefficient (Wildman–Crippen LogP) is 1.61. The highest BCUT2D eigenvalue weighted by molar-refractivity contribution is 5.76. The van der Waals surface area contributed by atoms with Crippen LogP contribution in [-0.2, 0) is 13.5 Å². The maximum absolute atomic E-state index is 11.4. The molecule has 3 aromatic rings. The zero-order valence-electron chi connectivity index (χ0n) is 12.2. The van der Waals surface area contributed by atoms with E-state index in [-0.39, 0.29) is 10.6 Å². The Balaban J connectivity index is 1.79. The van der Waals surface area contributed by atoms with Gasteiger partial charge in [-0.3, -0.25) is 0 Å². The van der Waals surface area contributed by atoms with E-state index in [1.54, 1.807) is 22.8 Å². The molecule has 0 spiro atoms. The molecule has 22 heavy (non-hydrogen) atoms. The SMILES string of the molecule is C[n+]1cccc(CCNc2nn3ccccc3c2[N+](=O)O)c1. The Morgan fingerprint density at radius 2 is 2.23 bits per heavy atom. The molecule has 3 rings (SSSR count). The monoisotopic (exact) mass is 299 g/mol. The number of aromatic nitrogens is 3. The zero-order chi connectivity index (χ0) is 15.5. The fourth-order valence-corrected chi connectivity index (χ4v) is 2.42. The van der Waals surface area contributed by atoms with Crippen LogP contribution in [0, 0.1) is 4.91 Å². The van der Waals surface area contributed by atoms with E-state index in [9.17, 15) is 10.1 Å². The first-order valence-corrected chi connectivity index (χ1v) is 6.97. The second kappa shape index (κ2) is 5.80. The molecule has 0 fully saturated rings. The number of aryl methyl sites for hydroxylation is 1. The van der Waals surface area contributed by atoms with E-state index in [0.717, 1.165) is 6.42 Å². The van der Waals surface area contributed by atoms with Gasteiger partial charge in [-0.05, 0) is 24.6 Å². The van der Waals surface area contributed by atoms with Crippen LogP contribution in [0.4, 0.5) is 11.5 Å². The molecule has 7 heteroatoms. The van der Waals surface area contributed by atoms with Gasteiger partial charge >= 0.3 is 5.69 Å². The third kappa shape index (κ3) is 2.73. The molecule has 7 nitrogen and oxygen atoms in total. The normalized spacial score (nSPS) is 10.8. The molecular formula is C15H17N5O2+2. The van der Waals surface area contributed by atoms with Crippen LogP contribution in [0.3, 0.4) is 0 Å². The Morgan fingerprint density at radius 3 is 3.00 bits per heavy atom. The van der Waals surface area contributed by atoms with Crippen LogP contribution in [0.2, 0.25) is 0 Å². The minimum absolute atomic E-state index is 0.124. The average Bonchev–Trinajstić information content (AvgIpc) is 2.85. The van der Waals surface area contributed by atoms with E-state index >= 15 is 0 Å². The molecule has 0 atom stereocenters. The number of hydrogen-bond acceptors (Lipinski definition) is 3. The van der Waals surface area contributed by atoms with Crippen LogP contribution in [0.1, 0.15) is 5.56 Å². The van der Waals surface area contributed by atoms with Crippen LogP contribution in [0.15, 0.2) is 48.9 Å². The number of nitrogens with zero attached hydrogens (tertiary/aromatic N) is 4. The van der Waals surface area contributed by atoms with Gasteiger partial charge in [-0.2, -0.15) is 0 Å². The maximum atomic E-state index is 11.4. The Hall–Kier alpha value is -2.96. The number of anilines is 1. The molecule has 0 aliphatic heterocycles. The summed E-state index contributed by atoms with van der Waals surface area (Å²) in [6, 6.07) is 9.35. The van der Waals surface area contributed by atoms with Crippen LogP contribution in [0.25, 0.3) is 5.52 Å². The lowest BCUT2D eigenvalue weighted by Crippen LogP contribution is -2.27. The molecule has 112 valence electrons. The standard InChI is InChI=1S/C15H17N5O2/c1-18-9-4-5-12(11-18)7-8-16-15-14(20(21)22)13-6-2-3-10-19(13)17-15/h2-6,9-11H,7-8H2,1H3,(H,16,17)(H,21,22)/q+2. The number of nitrogens with one attached hydrogen (secondary N) is 1. The summed E-state index contributed by atoms with van der Waals surface area (Å²) >= 11 is 0. The molecular weight excluding hydrogens is 282 g/mol. The van der Waals surface area contributed by atoms with Gasteiger partial charge in [0.2, 0.25) is 5.82 Å². The number of hydrogen-bond donors (Lipinski definition) is 2. The largest absolute Gasteiger partial charge is 0.385 e. The van der Waals surface area contributed by atoms with Crippen LogP contribution in [0.5, 0.6) is 0 Å². The molecule has 0 saturated carbocycles. The van der Waals surface area contributed by atoms with Crippen molar-refractivity contribution in [2.24, 2.45) is 7.05 Å². The Labute approximate surface area is 127 Å². The molecule has 0 saturated heterocycles. The third-order valence-corrected chi connectivity index (χ3v) is 3.41. The molecule has 0 unspecified atom stereocenters. The summed E-state index contributed by atoms with van der Waals surface area (Å²) in [5.74, 6) is 0.365. The fraction of sp³-hybridized carbons (Fsp3) is 0.200. The summed E-state index contributed by atoms with van der Waals surface area (Å²) in [4.78, 5) is 11.2. The summed E-state index contributed by atoms with van der Waals surface area (Å²) in [5, 5.41) is 16.7. The zero-order valence-corrected chi connectivity index (χ0v) is 12.2. The van der Waals surface area contributed by atoms with E-state index < -0.39 is 0 Å². The Kier molecular flexibility index (Phi) is 3.69. The maximum Gasteiger partial charge on any atom is 0.385 e. The van der Waals surface area contributed by atoms with Gasteiger partial charge in [0.15, 0.2) is 17.9 Å². The van der Waals surface area contributed by atoms with Crippen molar-refractivity contribution < 1.29 is 14.7 Å². The van der Waals surface area contributed by atoms with E-state index in [0.29, 0.717) is 17.9 Å². The van der Waals surface area contributed by atoms with Crippen LogP contribution < -0.4 is 9.88 Å². The van der Waals surface area contributed by atoms with Gasteiger partial charge in [0.05, 0.1) is 4.91 Å². The van der Waals surface area contributed by atoms with Crippen molar-refractivity contribution in [1.29, 1.82) is 0 Å². The summed E-state index contributed by atoms with van der Waals surface area (Å²) in [6.07, 6.45) is 6.52. The van der Waals surface area contributed by atoms with E-state index in [1.165, 1.54) is 5.56 Å². The molecule has 0 aliphatic rings. The first kappa shape index (κ1) is 14.0. The highest BCUT2D eigenvalue weighted by Gasteiger charge is 2.27. The highest BCUT2D eigenvalue weighted by Crippen LogP contribution is 2.27. The Bertz CT molecular complexity index is 828. The van der Waals surface area contributed by atoms with Crippen molar-refractivity contribution in [2.45, 2.75) is 6.42 Å². The molecule has 0 aromatic carbocycles. The molecule has 3 aromatic heterocycles. The topological polar surface area (TPSA) is 73.5 Å². The number of pyridine rings is 2. The number of fused-ring (bicyclic) bond motifs is 1. The van der Waals surface area contributed by atoms with Crippen LogP contribution >= 0.6 is 0 Å². The van der Waals surface area contributed by atoms with Crippen molar-refractivity contribution in [1.82, 2.24) is 9.61 Å². The Morgan fingerprint density at radius 1 is 1.36 bits per heavy atom. The van der Waals surface area contributed by atoms with Gasteiger partial charge < -0.3 is 5.32 Å². The second-order valence-electron chi connectivity index (χ2n) is 5.06. The molecule has 0 radical (unpaired) electrons. The molecule has 0 bridgehead atoms. The first-order chi connectivity index (χ1) is 10.6. The predicted molar refractivity (Wildman–Crippen MR) is 80.1 cm³/mol. The van der Waals surface area contributed by atoms with Gasteiger partial charge in [0, 0.05) is 24.4 Å². The average molecular weight is 299 g/mol. The van der Waals surface area contributed by atoms with E-state index in [1.807, 2.05) is 42.2 Å². The highest BCUT2D eigenvalue weighted by atomic mass is 16.6. The van der Waals surface area contributed by atoms with Gasteiger partial charge in [-0.1, -0.05) is 6.07 Å². The minimum atomic E-state index is -0.146. The molecule has 0 aliphatic carbocycles. The third-order valence-electron chi connectivity index (χ3n) is 3.41. The quantitative estimate of drug-likeness (QED) is 0.554. The minimum Gasteiger partial charge on any atom is -0.362 e. The van der Waals surface area contributed by atoms with Gasteiger partial charge in [-0.25, -0.2) is 14.3 Å². The smallest absolute Gasteiger partial charge is 0.362 e. The van der Waals surface area contributed by atoms with Crippen molar-refractivity contribution in [3.63, 3.8) is 0 Å². The van der Waals surface area contributed by atoms with Crippen molar-refractivity contribution >= 4 is 17.0 Å². The van der Waals surface area contributed by atoms with Crippen molar-refractivity contribution in [3.8, 4) is 0 Å². The number of rotatable bonds is 5. The summed E-state index contributed by atoms with van der Waals surface area (Å²) in [5.41, 5.74) is 1.85. The van der Waals surface area contributed by atoms with Gasteiger partial charge in [0.1, 0.15) is 7.05 Å². The first-order valence-electron chi connectivity index (χ1n) is 6.97. The van der Waals surface area contributed by atoms with Crippen molar-refractivity contribution in [2.75, 3.05) is 11.9 Å². The van der Waals surface area contributed by atoms with E-state index in [4.69, 9.17) is 0 Å². The lowest BCUT2D eigenvalue weighted by molar-refractivity contribution is -0.728. The van der Waals surface area contributed by atoms with E-state index in [2.05, 4.69) is 10.4 Å². The molecule has 3 heterocycles. The summed E-state index contributed by atoms with van der Waals surface area (Å²) in [6.45, 7) is 0.606.